The summed E-state index contributed by atoms with van der Waals surface area (Å²) >= 11 is 0. The zero-order valence-electron chi connectivity index (χ0n) is 18.3. The highest BCUT2D eigenvalue weighted by Gasteiger charge is 2.19. The van der Waals surface area contributed by atoms with Crippen molar-refractivity contribution in [1.29, 1.82) is 0 Å². The Morgan fingerprint density at radius 2 is 1.87 bits per heavy atom. The fourth-order valence-corrected chi connectivity index (χ4v) is 3.82. The molecule has 1 N–H and O–H groups in total. The Labute approximate surface area is 179 Å². The summed E-state index contributed by atoms with van der Waals surface area (Å²) in [6.45, 7) is 7.33. The van der Waals surface area contributed by atoms with Crippen molar-refractivity contribution < 1.29 is 4.74 Å². The van der Waals surface area contributed by atoms with Crippen molar-refractivity contribution in [1.82, 2.24) is 14.8 Å². The van der Waals surface area contributed by atoms with Gasteiger partial charge in [-0.15, -0.1) is 0 Å². The highest BCUT2D eigenvalue weighted by Crippen LogP contribution is 2.22. The van der Waals surface area contributed by atoms with Crippen molar-refractivity contribution in [3.63, 3.8) is 0 Å². The summed E-state index contributed by atoms with van der Waals surface area (Å²) in [6, 6.07) is 13.6. The van der Waals surface area contributed by atoms with E-state index in [0.29, 0.717) is 0 Å². The smallest absolute Gasteiger partial charge is 0.250 e. The topological polar surface area (TPSA) is 62.1 Å². The minimum Gasteiger partial charge on any atom is -0.497 e. The number of aliphatic imine (C=N–C) groups is 1. The molecular formula is C23H33N5O2. The molecule has 1 aliphatic rings. The number of hydrogen-bond acceptors (Lipinski definition) is 4. The molecule has 1 aromatic heterocycles. The molecule has 0 bridgehead atoms. The molecule has 0 saturated carbocycles. The van der Waals surface area contributed by atoms with E-state index < -0.39 is 0 Å². The Balaban J connectivity index is 1.42. The minimum atomic E-state index is 0.0766. The maximum Gasteiger partial charge on any atom is 0.250 e. The predicted octanol–water partition coefficient (Wildman–Crippen LogP) is 2.34. The lowest BCUT2D eigenvalue weighted by molar-refractivity contribution is 0.371. The fourth-order valence-electron chi connectivity index (χ4n) is 3.82. The van der Waals surface area contributed by atoms with E-state index in [1.54, 1.807) is 13.2 Å². The number of rotatable bonds is 7. The van der Waals surface area contributed by atoms with Gasteiger partial charge in [0.15, 0.2) is 5.96 Å². The van der Waals surface area contributed by atoms with Gasteiger partial charge < -0.3 is 24.4 Å². The third-order valence-electron chi connectivity index (χ3n) is 5.57. The molecule has 3 rings (SSSR count). The van der Waals surface area contributed by atoms with Crippen molar-refractivity contribution in [2.75, 3.05) is 51.8 Å². The molecule has 1 saturated heterocycles. The van der Waals surface area contributed by atoms with E-state index in [-0.39, 0.29) is 5.56 Å². The second-order valence-corrected chi connectivity index (χ2v) is 7.51. The number of aryl methyl sites for hydroxylation is 1. The molecule has 0 atom stereocenters. The Bertz CT molecular complexity index is 900. The Kier molecular flexibility index (Phi) is 7.76. The second-order valence-electron chi connectivity index (χ2n) is 7.51. The van der Waals surface area contributed by atoms with E-state index in [0.717, 1.165) is 69.5 Å². The number of anilines is 1. The highest BCUT2D eigenvalue weighted by atomic mass is 16.5. The molecule has 30 heavy (non-hydrogen) atoms. The van der Waals surface area contributed by atoms with Crippen LogP contribution in [0.5, 0.6) is 5.75 Å². The van der Waals surface area contributed by atoms with Crippen LogP contribution in [0.2, 0.25) is 0 Å². The number of nitrogens with one attached hydrogen (secondary N) is 1. The summed E-state index contributed by atoms with van der Waals surface area (Å²) in [5.74, 6) is 1.84. The summed E-state index contributed by atoms with van der Waals surface area (Å²) in [5, 5.41) is 3.48. The Morgan fingerprint density at radius 1 is 1.10 bits per heavy atom. The van der Waals surface area contributed by atoms with Gasteiger partial charge in [0, 0.05) is 69.8 Å². The third-order valence-corrected chi connectivity index (χ3v) is 5.57. The van der Waals surface area contributed by atoms with Crippen molar-refractivity contribution >= 4 is 11.6 Å². The first-order valence-corrected chi connectivity index (χ1v) is 10.6. The van der Waals surface area contributed by atoms with Gasteiger partial charge in [-0.2, -0.15) is 0 Å². The van der Waals surface area contributed by atoms with Gasteiger partial charge in [-0.25, -0.2) is 0 Å². The number of guanidine groups is 1. The normalized spacial score (nSPS) is 14.7. The van der Waals surface area contributed by atoms with Crippen LogP contribution in [0.1, 0.15) is 18.5 Å². The lowest BCUT2D eigenvalue weighted by Gasteiger charge is -2.37. The molecule has 0 radical (unpaired) electrons. The van der Waals surface area contributed by atoms with Crippen LogP contribution in [0, 0.1) is 6.92 Å². The number of benzene rings is 1. The number of nitrogens with zero attached hydrogens (tertiary/aromatic N) is 4. The van der Waals surface area contributed by atoms with Crippen LogP contribution in [0.25, 0.3) is 0 Å². The van der Waals surface area contributed by atoms with Crippen LogP contribution in [-0.4, -0.2) is 62.3 Å². The summed E-state index contributed by atoms with van der Waals surface area (Å²) < 4.78 is 7.18. The average Bonchev–Trinajstić information content (AvgIpc) is 2.78. The van der Waals surface area contributed by atoms with Crippen LogP contribution in [-0.2, 0) is 6.54 Å². The van der Waals surface area contributed by atoms with Gasteiger partial charge >= 0.3 is 0 Å². The van der Waals surface area contributed by atoms with Gasteiger partial charge in [0.05, 0.1) is 7.11 Å². The summed E-state index contributed by atoms with van der Waals surface area (Å²) in [6.07, 6.45) is 1.95. The first-order valence-electron chi connectivity index (χ1n) is 10.6. The number of hydrogen-bond donors (Lipinski definition) is 1. The van der Waals surface area contributed by atoms with Crippen molar-refractivity contribution in [2.45, 2.75) is 26.3 Å². The first kappa shape index (κ1) is 21.7. The summed E-state index contributed by atoms with van der Waals surface area (Å²) in [4.78, 5) is 21.1. The van der Waals surface area contributed by atoms with Gasteiger partial charge in [0.25, 0.3) is 5.56 Å². The molecule has 0 amide bonds. The summed E-state index contributed by atoms with van der Waals surface area (Å²) in [5.41, 5.74) is 2.29. The maximum absolute atomic E-state index is 11.9. The van der Waals surface area contributed by atoms with E-state index in [1.807, 2.05) is 42.8 Å². The van der Waals surface area contributed by atoms with E-state index in [1.165, 1.54) is 5.69 Å². The molecule has 1 fully saturated rings. The molecular weight excluding hydrogens is 378 g/mol. The van der Waals surface area contributed by atoms with E-state index in [2.05, 4.69) is 32.2 Å². The molecule has 1 aromatic carbocycles. The molecule has 2 aromatic rings. The average molecular weight is 412 g/mol. The molecule has 7 heteroatoms. The third kappa shape index (κ3) is 5.55. The molecule has 0 spiro atoms. The van der Waals surface area contributed by atoms with Crippen molar-refractivity contribution in [3.8, 4) is 5.75 Å². The number of methoxy groups -OCH3 is 1. The Hall–Kier alpha value is -2.96. The van der Waals surface area contributed by atoms with Gasteiger partial charge in [-0.05, 0) is 38.0 Å². The predicted molar refractivity (Wildman–Crippen MR) is 123 cm³/mol. The number of unbranched alkanes of at least 4 members (excludes halogenated alkanes) is 1. The number of pyridine rings is 1. The quantitative estimate of drug-likeness (QED) is 0.431. The van der Waals surface area contributed by atoms with Crippen LogP contribution in [0.4, 0.5) is 5.69 Å². The summed E-state index contributed by atoms with van der Waals surface area (Å²) in [7, 11) is 3.54. The lowest BCUT2D eigenvalue weighted by atomic mass is 10.2. The highest BCUT2D eigenvalue weighted by molar-refractivity contribution is 5.80. The van der Waals surface area contributed by atoms with Crippen LogP contribution in [0.3, 0.4) is 0 Å². The van der Waals surface area contributed by atoms with E-state index in [4.69, 9.17) is 4.74 Å². The Morgan fingerprint density at radius 3 is 2.57 bits per heavy atom. The largest absolute Gasteiger partial charge is 0.497 e. The molecule has 7 nitrogen and oxygen atoms in total. The molecule has 0 aliphatic carbocycles. The standard InChI is InChI=1S/C23H33N5O2/c1-19-8-6-11-22(29)28(19)13-5-4-12-25-23(24-2)27-16-14-26(15-17-27)20-9-7-10-21(18-20)30-3/h6-11,18H,4-5,12-17H2,1-3H3,(H,24,25). The van der Waals surface area contributed by atoms with E-state index >= 15 is 0 Å². The van der Waals surface area contributed by atoms with Crippen LogP contribution >= 0.6 is 0 Å². The number of aromatic nitrogens is 1. The molecule has 2 heterocycles. The molecule has 162 valence electrons. The zero-order chi connectivity index (χ0) is 21.3. The first-order chi connectivity index (χ1) is 14.6. The van der Waals surface area contributed by atoms with Crippen LogP contribution < -0.4 is 20.5 Å². The second kappa shape index (κ2) is 10.7. The van der Waals surface area contributed by atoms with Crippen LogP contribution in [0.15, 0.2) is 52.3 Å². The number of piperazine rings is 1. The van der Waals surface area contributed by atoms with E-state index in [9.17, 15) is 4.79 Å². The van der Waals surface area contributed by atoms with Gasteiger partial charge in [0.1, 0.15) is 5.75 Å². The lowest BCUT2D eigenvalue weighted by Crippen LogP contribution is -2.52. The van der Waals surface area contributed by atoms with Gasteiger partial charge in [-0.1, -0.05) is 12.1 Å². The molecule has 0 unspecified atom stereocenters. The van der Waals surface area contributed by atoms with Gasteiger partial charge in [-0.3, -0.25) is 9.79 Å². The monoisotopic (exact) mass is 411 g/mol. The SMILES string of the molecule is CN=C(NCCCCn1c(C)cccc1=O)N1CCN(c2cccc(OC)c2)CC1. The number of ether oxygens (including phenoxy) is 1. The van der Waals surface area contributed by atoms with Gasteiger partial charge in [0.2, 0.25) is 0 Å². The minimum absolute atomic E-state index is 0.0766. The maximum atomic E-state index is 11.9. The fraction of sp³-hybridized carbons (Fsp3) is 0.478. The van der Waals surface area contributed by atoms with Crippen molar-refractivity contribution in [2.24, 2.45) is 4.99 Å². The van der Waals surface area contributed by atoms with Crippen molar-refractivity contribution in [3.05, 3.63) is 58.5 Å². The molecule has 1 aliphatic heterocycles. The zero-order valence-corrected chi connectivity index (χ0v) is 18.3.